The van der Waals surface area contributed by atoms with E-state index in [9.17, 15) is 9.90 Å². The smallest absolute Gasteiger partial charge is 0.136 e. The standard InChI is InChI=1S/C26H43NO2/c1-22(2)15-18(28)16-26(27-22)13-12-23(3)17(14-26)6-7-19-20(23)8-10-24(4)21(19)9-11-25(24,5)29/h17,19-21,27,29H,6-16H2,1-5H3. The summed E-state index contributed by atoms with van der Waals surface area (Å²) in [7, 11) is 0. The van der Waals surface area contributed by atoms with Crippen LogP contribution in [0, 0.1) is 34.5 Å². The lowest BCUT2D eigenvalue weighted by molar-refractivity contribution is -0.156. The SMILES string of the molecule is CC1(C)CC(=O)CC2(CCC3(C)C(CCC4C3CCC3(C)C4CCC3(C)O)C2)N1. The minimum atomic E-state index is -0.477. The Morgan fingerprint density at radius 1 is 0.862 bits per heavy atom. The van der Waals surface area contributed by atoms with Gasteiger partial charge in [-0.25, -0.2) is 0 Å². The van der Waals surface area contributed by atoms with Crippen molar-refractivity contribution in [2.75, 3.05) is 0 Å². The summed E-state index contributed by atoms with van der Waals surface area (Å²) < 4.78 is 0. The van der Waals surface area contributed by atoms with E-state index in [0.717, 1.165) is 37.0 Å². The summed E-state index contributed by atoms with van der Waals surface area (Å²) in [4.78, 5) is 12.6. The van der Waals surface area contributed by atoms with Crippen molar-refractivity contribution in [3.8, 4) is 0 Å². The maximum atomic E-state index is 12.6. The number of hydrogen-bond donors (Lipinski definition) is 2. The number of carbonyl (C=O) groups is 1. The quantitative estimate of drug-likeness (QED) is 0.583. The summed E-state index contributed by atoms with van der Waals surface area (Å²) in [6, 6.07) is 0. The molecule has 164 valence electrons. The highest BCUT2D eigenvalue weighted by Gasteiger charge is 2.64. The first-order valence-electron chi connectivity index (χ1n) is 12.4. The molecule has 4 saturated carbocycles. The number of carbonyl (C=O) groups excluding carboxylic acids is 1. The van der Waals surface area contributed by atoms with Gasteiger partial charge in [-0.3, -0.25) is 4.79 Å². The summed E-state index contributed by atoms with van der Waals surface area (Å²) in [6.45, 7) is 11.5. The molecule has 1 heterocycles. The second-order valence-electron chi connectivity index (χ2n) is 13.3. The lowest BCUT2D eigenvalue weighted by Gasteiger charge is -2.64. The molecule has 0 radical (unpaired) electrons. The van der Waals surface area contributed by atoms with Gasteiger partial charge in [0.2, 0.25) is 0 Å². The highest BCUT2D eigenvalue weighted by molar-refractivity contribution is 5.82. The summed E-state index contributed by atoms with van der Waals surface area (Å²) in [6.07, 6.45) is 12.4. The molecule has 4 aliphatic carbocycles. The van der Waals surface area contributed by atoms with E-state index in [2.05, 4.69) is 39.9 Å². The van der Waals surface area contributed by atoms with Crippen molar-refractivity contribution in [1.82, 2.24) is 5.32 Å². The number of fused-ring (bicyclic) bond motifs is 5. The summed E-state index contributed by atoms with van der Waals surface area (Å²) >= 11 is 0. The predicted octanol–water partition coefficient (Wildman–Crippen LogP) is 5.25. The van der Waals surface area contributed by atoms with Crippen molar-refractivity contribution in [2.45, 2.75) is 122 Å². The van der Waals surface area contributed by atoms with E-state index in [1.54, 1.807) is 0 Å². The molecule has 1 spiro atoms. The van der Waals surface area contributed by atoms with E-state index >= 15 is 0 Å². The second kappa shape index (κ2) is 6.09. The van der Waals surface area contributed by atoms with Crippen LogP contribution in [0.25, 0.3) is 0 Å². The van der Waals surface area contributed by atoms with Crippen molar-refractivity contribution in [3.05, 3.63) is 0 Å². The molecule has 8 unspecified atom stereocenters. The molecule has 0 amide bonds. The molecule has 0 aromatic carbocycles. The molecule has 5 fully saturated rings. The van der Waals surface area contributed by atoms with Gasteiger partial charge in [-0.15, -0.1) is 0 Å². The molecule has 0 bridgehead atoms. The Morgan fingerprint density at radius 3 is 2.31 bits per heavy atom. The highest BCUT2D eigenvalue weighted by atomic mass is 16.3. The number of aliphatic hydroxyl groups is 1. The van der Waals surface area contributed by atoms with Crippen LogP contribution in [0.5, 0.6) is 0 Å². The monoisotopic (exact) mass is 401 g/mol. The van der Waals surface area contributed by atoms with Gasteiger partial charge in [0.25, 0.3) is 0 Å². The van der Waals surface area contributed by atoms with E-state index in [1.807, 2.05) is 0 Å². The Kier molecular flexibility index (Phi) is 4.30. The van der Waals surface area contributed by atoms with E-state index in [1.165, 1.54) is 44.9 Å². The van der Waals surface area contributed by atoms with E-state index in [0.29, 0.717) is 23.5 Å². The first kappa shape index (κ1) is 20.5. The number of hydrogen-bond acceptors (Lipinski definition) is 3. The summed E-state index contributed by atoms with van der Waals surface area (Å²) in [5, 5.41) is 15.1. The molecule has 2 N–H and O–H groups in total. The third kappa shape index (κ3) is 2.85. The van der Waals surface area contributed by atoms with Crippen molar-refractivity contribution in [2.24, 2.45) is 34.5 Å². The topological polar surface area (TPSA) is 49.3 Å². The fraction of sp³-hybridized carbons (Fsp3) is 0.962. The second-order valence-corrected chi connectivity index (χ2v) is 13.3. The molecule has 8 atom stereocenters. The molecule has 0 aromatic rings. The van der Waals surface area contributed by atoms with Crippen molar-refractivity contribution in [1.29, 1.82) is 0 Å². The van der Waals surface area contributed by atoms with Crippen LogP contribution in [0.15, 0.2) is 0 Å². The van der Waals surface area contributed by atoms with Gasteiger partial charge in [0.1, 0.15) is 5.78 Å². The van der Waals surface area contributed by atoms with E-state index in [4.69, 9.17) is 0 Å². The van der Waals surface area contributed by atoms with Crippen LogP contribution in [0.2, 0.25) is 0 Å². The van der Waals surface area contributed by atoms with Gasteiger partial charge in [0, 0.05) is 23.9 Å². The van der Waals surface area contributed by atoms with Crippen LogP contribution in [-0.4, -0.2) is 27.6 Å². The fourth-order valence-electron chi connectivity index (χ4n) is 9.60. The molecule has 1 saturated heterocycles. The Bertz CT molecular complexity index is 713. The molecule has 29 heavy (non-hydrogen) atoms. The van der Waals surface area contributed by atoms with E-state index < -0.39 is 5.60 Å². The molecular formula is C26H43NO2. The lowest BCUT2D eigenvalue weighted by Crippen LogP contribution is -2.66. The number of ketones is 1. The lowest BCUT2D eigenvalue weighted by atomic mass is 9.43. The van der Waals surface area contributed by atoms with E-state index in [-0.39, 0.29) is 16.5 Å². The zero-order chi connectivity index (χ0) is 20.9. The van der Waals surface area contributed by atoms with Gasteiger partial charge in [-0.05, 0) is 113 Å². The van der Waals surface area contributed by atoms with Crippen molar-refractivity contribution >= 4 is 5.78 Å². The molecule has 3 heteroatoms. The van der Waals surface area contributed by atoms with Crippen LogP contribution in [0.1, 0.15) is 105 Å². The molecule has 1 aliphatic heterocycles. The molecule has 5 aliphatic rings. The van der Waals surface area contributed by atoms with Gasteiger partial charge < -0.3 is 10.4 Å². The Labute approximate surface area is 177 Å². The van der Waals surface area contributed by atoms with Gasteiger partial charge in [-0.1, -0.05) is 13.8 Å². The Hall–Kier alpha value is -0.410. The minimum absolute atomic E-state index is 0.0516. The third-order valence-electron chi connectivity index (χ3n) is 11.2. The zero-order valence-corrected chi connectivity index (χ0v) is 19.4. The number of piperidine rings is 1. The molecular weight excluding hydrogens is 358 g/mol. The predicted molar refractivity (Wildman–Crippen MR) is 117 cm³/mol. The van der Waals surface area contributed by atoms with Crippen molar-refractivity contribution < 1.29 is 9.90 Å². The Balaban J connectivity index is 1.39. The number of nitrogens with one attached hydrogen (secondary N) is 1. The average molecular weight is 402 g/mol. The number of Topliss-reactive ketones (excluding diaryl/α,β-unsaturated/α-hetero) is 1. The third-order valence-corrected chi connectivity index (χ3v) is 11.2. The van der Waals surface area contributed by atoms with Crippen molar-refractivity contribution in [3.63, 3.8) is 0 Å². The van der Waals surface area contributed by atoms with Crippen LogP contribution in [-0.2, 0) is 4.79 Å². The van der Waals surface area contributed by atoms with Crippen LogP contribution in [0.3, 0.4) is 0 Å². The van der Waals surface area contributed by atoms with Gasteiger partial charge in [0.05, 0.1) is 5.60 Å². The highest BCUT2D eigenvalue weighted by Crippen LogP contribution is 2.69. The minimum Gasteiger partial charge on any atom is -0.390 e. The largest absolute Gasteiger partial charge is 0.390 e. The average Bonchev–Trinajstić information content (AvgIpc) is 2.84. The summed E-state index contributed by atoms with van der Waals surface area (Å²) in [5.74, 6) is 3.54. The Morgan fingerprint density at radius 2 is 1.59 bits per heavy atom. The number of rotatable bonds is 0. The first-order chi connectivity index (χ1) is 13.4. The molecule has 3 nitrogen and oxygen atoms in total. The van der Waals surface area contributed by atoms with Crippen LogP contribution < -0.4 is 5.32 Å². The fourth-order valence-corrected chi connectivity index (χ4v) is 9.60. The van der Waals surface area contributed by atoms with Gasteiger partial charge >= 0.3 is 0 Å². The maximum absolute atomic E-state index is 12.6. The molecule has 5 rings (SSSR count). The normalized spacial score (nSPS) is 56.6. The van der Waals surface area contributed by atoms with Gasteiger partial charge in [-0.2, -0.15) is 0 Å². The maximum Gasteiger partial charge on any atom is 0.136 e. The van der Waals surface area contributed by atoms with Crippen LogP contribution >= 0.6 is 0 Å². The molecule has 0 aromatic heterocycles. The van der Waals surface area contributed by atoms with Gasteiger partial charge in [0.15, 0.2) is 0 Å². The van der Waals surface area contributed by atoms with Crippen LogP contribution in [0.4, 0.5) is 0 Å². The zero-order valence-electron chi connectivity index (χ0n) is 19.4. The first-order valence-corrected chi connectivity index (χ1v) is 12.4. The summed E-state index contributed by atoms with van der Waals surface area (Å²) in [5.41, 5.74) is 0.0677.